The van der Waals surface area contributed by atoms with Gasteiger partial charge in [-0.05, 0) is 60.0 Å². The molecule has 4 amide bonds. The van der Waals surface area contributed by atoms with Crippen LogP contribution in [0.25, 0.3) is 6.08 Å². The molecule has 0 atom stereocenters. The molecular weight excluding hydrogens is 511 g/mol. The smallest absolute Gasteiger partial charge is 0.335 e. The first kappa shape index (κ1) is 24.8. The lowest BCUT2D eigenvalue weighted by molar-refractivity contribution is -0.122. The highest BCUT2D eigenvalue weighted by Gasteiger charge is 2.37. The summed E-state index contributed by atoms with van der Waals surface area (Å²) in [4.78, 5) is 39.3. The van der Waals surface area contributed by atoms with Gasteiger partial charge in [0.15, 0.2) is 0 Å². The average molecular weight is 530 g/mol. The van der Waals surface area contributed by atoms with Crippen molar-refractivity contribution in [2.45, 2.75) is 13.3 Å². The van der Waals surface area contributed by atoms with Crippen molar-refractivity contribution in [3.63, 3.8) is 0 Å². The number of imide groups is 2. The number of rotatable bonds is 5. The number of anilines is 1. The van der Waals surface area contributed by atoms with Crippen LogP contribution in [-0.2, 0) is 16.0 Å². The molecule has 4 rings (SSSR count). The number of carbonyl (C=O) groups is 3. The van der Waals surface area contributed by atoms with Gasteiger partial charge < -0.3 is 4.74 Å². The molecule has 1 saturated heterocycles. The number of hydrogen-bond acceptors (Lipinski definition) is 4. The summed E-state index contributed by atoms with van der Waals surface area (Å²) in [5, 5.41) is 3.56. The number of barbiturate groups is 1. The van der Waals surface area contributed by atoms with Gasteiger partial charge in [-0.1, -0.05) is 59.1 Å². The summed E-state index contributed by atoms with van der Waals surface area (Å²) in [5.41, 5.74) is 2.60. The van der Waals surface area contributed by atoms with Crippen LogP contribution in [0.1, 0.15) is 22.3 Å². The second-order valence-electron chi connectivity index (χ2n) is 7.79. The van der Waals surface area contributed by atoms with Crippen LogP contribution in [0.3, 0.4) is 0 Å². The summed E-state index contributed by atoms with van der Waals surface area (Å²) in [6.07, 6.45) is 1.79. The first-order valence-corrected chi connectivity index (χ1v) is 11.6. The van der Waals surface area contributed by atoms with Crippen molar-refractivity contribution in [3.8, 4) is 5.75 Å². The highest BCUT2D eigenvalue weighted by Crippen LogP contribution is 2.34. The fraction of sp³-hybridized carbons (Fsp3) is 0.115. The summed E-state index contributed by atoms with van der Waals surface area (Å²) in [7, 11) is 1.50. The van der Waals surface area contributed by atoms with E-state index >= 15 is 0 Å². The number of benzene rings is 3. The average Bonchev–Trinajstić information content (AvgIpc) is 2.82. The maximum atomic E-state index is 13.3. The van der Waals surface area contributed by atoms with Gasteiger partial charge in [-0.2, -0.15) is 0 Å². The van der Waals surface area contributed by atoms with Crippen molar-refractivity contribution in [3.05, 3.63) is 97.5 Å². The summed E-state index contributed by atoms with van der Waals surface area (Å²) < 4.78 is 5.54. The Morgan fingerprint density at radius 2 is 1.66 bits per heavy atom. The Morgan fingerprint density at radius 1 is 0.943 bits per heavy atom. The van der Waals surface area contributed by atoms with Gasteiger partial charge in [0.05, 0.1) is 12.8 Å². The van der Waals surface area contributed by atoms with Crippen molar-refractivity contribution in [1.82, 2.24) is 5.32 Å². The Balaban J connectivity index is 1.73. The maximum absolute atomic E-state index is 13.3. The molecule has 0 unspecified atom stereocenters. The van der Waals surface area contributed by atoms with E-state index in [9.17, 15) is 14.4 Å². The number of urea groups is 1. The summed E-state index contributed by atoms with van der Waals surface area (Å²) in [6.45, 7) is 1.68. The molecular formula is C26H19Cl3N2O4. The Labute approximate surface area is 217 Å². The number of amides is 4. The monoisotopic (exact) mass is 528 g/mol. The van der Waals surface area contributed by atoms with Gasteiger partial charge in [-0.3, -0.25) is 14.9 Å². The predicted octanol–water partition coefficient (Wildman–Crippen LogP) is 6.22. The zero-order chi connectivity index (χ0) is 25.3. The van der Waals surface area contributed by atoms with E-state index in [1.807, 2.05) is 18.2 Å². The summed E-state index contributed by atoms with van der Waals surface area (Å²) in [5.74, 6) is -1.13. The molecule has 1 heterocycles. The van der Waals surface area contributed by atoms with Gasteiger partial charge in [-0.25, -0.2) is 9.69 Å². The van der Waals surface area contributed by atoms with Crippen molar-refractivity contribution in [1.29, 1.82) is 0 Å². The first-order chi connectivity index (χ1) is 16.7. The van der Waals surface area contributed by atoms with Crippen molar-refractivity contribution in [2.75, 3.05) is 12.0 Å². The van der Waals surface area contributed by atoms with E-state index in [2.05, 4.69) is 5.32 Å². The van der Waals surface area contributed by atoms with E-state index in [4.69, 9.17) is 39.5 Å². The van der Waals surface area contributed by atoms with Crippen LogP contribution in [0.5, 0.6) is 5.75 Å². The van der Waals surface area contributed by atoms with E-state index in [0.717, 1.165) is 10.5 Å². The molecule has 178 valence electrons. The quantitative estimate of drug-likeness (QED) is 0.314. The minimum Gasteiger partial charge on any atom is -0.496 e. The Bertz CT molecular complexity index is 1400. The number of hydrogen-bond donors (Lipinski definition) is 1. The van der Waals surface area contributed by atoms with E-state index < -0.39 is 17.8 Å². The summed E-state index contributed by atoms with van der Waals surface area (Å²) >= 11 is 19.0. The van der Waals surface area contributed by atoms with E-state index in [1.54, 1.807) is 43.3 Å². The zero-order valence-electron chi connectivity index (χ0n) is 18.7. The van der Waals surface area contributed by atoms with E-state index in [1.165, 1.54) is 13.2 Å². The molecule has 9 heteroatoms. The molecule has 0 aliphatic carbocycles. The number of ether oxygens (including phenoxy) is 1. The molecule has 0 bridgehead atoms. The Hall–Kier alpha value is -3.32. The van der Waals surface area contributed by atoms with Crippen LogP contribution >= 0.6 is 34.8 Å². The molecule has 35 heavy (non-hydrogen) atoms. The highest BCUT2D eigenvalue weighted by molar-refractivity contribution is 6.40. The number of nitrogens with one attached hydrogen (secondary N) is 1. The van der Waals surface area contributed by atoms with Gasteiger partial charge >= 0.3 is 6.03 Å². The van der Waals surface area contributed by atoms with Crippen LogP contribution < -0.4 is 15.0 Å². The zero-order valence-corrected chi connectivity index (χ0v) is 21.0. The molecule has 1 aliphatic heterocycles. The van der Waals surface area contributed by atoms with Gasteiger partial charge in [0.1, 0.15) is 11.3 Å². The molecule has 0 spiro atoms. The molecule has 1 aliphatic rings. The lowest BCUT2D eigenvalue weighted by Gasteiger charge is -2.27. The van der Waals surface area contributed by atoms with Gasteiger partial charge in [-0.15, -0.1) is 0 Å². The molecule has 0 radical (unpaired) electrons. The van der Waals surface area contributed by atoms with Crippen LogP contribution in [0.2, 0.25) is 15.1 Å². The number of methoxy groups -OCH3 is 1. The third-order valence-electron chi connectivity index (χ3n) is 5.61. The minimum absolute atomic E-state index is 0.235. The molecule has 0 aromatic heterocycles. The molecule has 6 nitrogen and oxygen atoms in total. The van der Waals surface area contributed by atoms with Gasteiger partial charge in [0, 0.05) is 27.1 Å². The molecule has 3 aromatic carbocycles. The number of nitrogens with zero attached hydrogens (tertiary/aromatic N) is 1. The number of carbonyl (C=O) groups excluding carboxylic acids is 3. The molecule has 1 fully saturated rings. The predicted molar refractivity (Wildman–Crippen MR) is 137 cm³/mol. The topological polar surface area (TPSA) is 75.7 Å². The third-order valence-corrected chi connectivity index (χ3v) is 6.73. The van der Waals surface area contributed by atoms with Crippen LogP contribution in [-0.4, -0.2) is 25.0 Å². The standard InChI is InChI=1S/C26H19Cl3N2O4/c1-14-19(27)8-5-9-22(14)31-25(33)18(24(32)30-26(31)34)10-15-11-21(29)17(23(12-15)35-2)13-16-6-3-4-7-20(16)28/h3-12H,13H2,1-2H3,(H,30,32,34)/b18-10+. The second kappa shape index (κ2) is 10.1. The van der Waals surface area contributed by atoms with Crippen molar-refractivity contribution >= 4 is 64.4 Å². The normalized spacial score (nSPS) is 14.9. The lowest BCUT2D eigenvalue weighted by Crippen LogP contribution is -2.54. The minimum atomic E-state index is -0.854. The number of halogens is 3. The first-order valence-electron chi connectivity index (χ1n) is 10.5. The van der Waals surface area contributed by atoms with Crippen LogP contribution in [0.15, 0.2) is 60.2 Å². The largest absolute Gasteiger partial charge is 0.496 e. The molecule has 1 N–H and O–H groups in total. The van der Waals surface area contributed by atoms with Gasteiger partial charge in [0.25, 0.3) is 11.8 Å². The van der Waals surface area contributed by atoms with E-state index in [0.29, 0.717) is 43.9 Å². The fourth-order valence-electron chi connectivity index (χ4n) is 3.78. The SMILES string of the molecule is COc1cc(/C=C2\C(=O)NC(=O)N(c3cccc(Cl)c3C)C2=O)cc(Cl)c1Cc1ccccc1Cl. The van der Waals surface area contributed by atoms with Crippen LogP contribution in [0, 0.1) is 6.92 Å². The Kier molecular flexibility index (Phi) is 7.17. The highest BCUT2D eigenvalue weighted by atomic mass is 35.5. The van der Waals surface area contributed by atoms with Crippen molar-refractivity contribution in [2.24, 2.45) is 0 Å². The fourth-order valence-corrected chi connectivity index (χ4v) is 4.44. The molecule has 0 saturated carbocycles. The third kappa shape index (κ3) is 4.91. The van der Waals surface area contributed by atoms with Crippen molar-refractivity contribution < 1.29 is 19.1 Å². The van der Waals surface area contributed by atoms with E-state index in [-0.39, 0.29) is 11.3 Å². The summed E-state index contributed by atoms with van der Waals surface area (Å²) in [6, 6.07) is 14.7. The lowest BCUT2D eigenvalue weighted by atomic mass is 10.00. The van der Waals surface area contributed by atoms with Gasteiger partial charge in [0.2, 0.25) is 0 Å². The maximum Gasteiger partial charge on any atom is 0.335 e. The Morgan fingerprint density at radius 3 is 2.37 bits per heavy atom. The molecule has 3 aromatic rings. The van der Waals surface area contributed by atoms with Crippen LogP contribution in [0.4, 0.5) is 10.5 Å². The second-order valence-corrected chi connectivity index (χ2v) is 9.02.